The van der Waals surface area contributed by atoms with Gasteiger partial charge in [0.15, 0.2) is 0 Å². The summed E-state index contributed by atoms with van der Waals surface area (Å²) in [4.78, 5) is 12.3. The molecule has 0 aliphatic carbocycles. The van der Waals surface area contributed by atoms with E-state index < -0.39 is 26.2 Å². The van der Waals surface area contributed by atoms with Crippen LogP contribution in [0.4, 0.5) is 16.2 Å². The lowest BCUT2D eigenvalue weighted by Gasteiger charge is -2.31. The Kier molecular flexibility index (Phi) is 13.7. The summed E-state index contributed by atoms with van der Waals surface area (Å²) in [5.74, 6) is -0.0208. The highest BCUT2D eigenvalue weighted by Gasteiger charge is 2.29. The number of aromatic hydroxyl groups is 1. The molecule has 14 heteroatoms. The third kappa shape index (κ3) is 11.5. The normalized spacial score (nSPS) is 15.5. The number of phenols is 1. The van der Waals surface area contributed by atoms with Crippen LogP contribution < -0.4 is 20.7 Å². The molecular formula is C30H47N5O7S2. The van der Waals surface area contributed by atoms with Gasteiger partial charge in [0.05, 0.1) is 22.9 Å². The van der Waals surface area contributed by atoms with Gasteiger partial charge in [0.1, 0.15) is 5.75 Å². The molecule has 12 nitrogen and oxygen atoms in total. The third-order valence-electron chi connectivity index (χ3n) is 7.61. The molecule has 6 N–H and O–H groups in total. The van der Waals surface area contributed by atoms with Crippen molar-refractivity contribution in [2.45, 2.75) is 69.3 Å². The minimum Gasteiger partial charge on any atom is -0.506 e. The molecular weight excluding hydrogens is 606 g/mol. The number of aliphatic hydroxyl groups is 1. The predicted octanol–water partition coefficient (Wildman–Crippen LogP) is 3.97. The summed E-state index contributed by atoms with van der Waals surface area (Å²) >= 11 is 0. The fourth-order valence-electron chi connectivity index (χ4n) is 5.08. The maximum Gasteiger partial charge on any atom is 0.319 e. The molecule has 1 aliphatic heterocycles. The number of aliphatic hydroxyl groups excluding tert-OH is 1. The number of urea groups is 1. The van der Waals surface area contributed by atoms with Gasteiger partial charge >= 0.3 is 6.03 Å². The van der Waals surface area contributed by atoms with Crippen molar-refractivity contribution >= 4 is 37.5 Å². The van der Waals surface area contributed by atoms with E-state index in [0.29, 0.717) is 50.3 Å². The number of unbranched alkanes of at least 4 members (excludes halogenated alkanes) is 5. The number of anilines is 2. The maximum absolute atomic E-state index is 13.2. The Morgan fingerprint density at radius 2 is 1.64 bits per heavy atom. The summed E-state index contributed by atoms with van der Waals surface area (Å²) in [7, 11) is -7.26. The van der Waals surface area contributed by atoms with Crippen LogP contribution in [0, 0.1) is 5.92 Å². The first-order chi connectivity index (χ1) is 20.9. The van der Waals surface area contributed by atoms with Gasteiger partial charge in [0.2, 0.25) is 20.0 Å². The van der Waals surface area contributed by atoms with Gasteiger partial charge in [-0.25, -0.2) is 21.6 Å². The van der Waals surface area contributed by atoms with Crippen LogP contribution in [0.1, 0.15) is 70.0 Å². The van der Waals surface area contributed by atoms with E-state index in [0.717, 1.165) is 19.1 Å². The van der Waals surface area contributed by atoms with E-state index in [1.54, 1.807) is 12.1 Å². The minimum atomic E-state index is -3.67. The summed E-state index contributed by atoms with van der Waals surface area (Å²) < 4.78 is 53.1. The number of piperidine rings is 1. The summed E-state index contributed by atoms with van der Waals surface area (Å²) in [5, 5.41) is 29.2. The van der Waals surface area contributed by atoms with E-state index >= 15 is 0 Å². The average Bonchev–Trinajstić information content (AvgIpc) is 2.97. The van der Waals surface area contributed by atoms with Crippen LogP contribution in [0.5, 0.6) is 5.75 Å². The quantitative estimate of drug-likeness (QED) is 0.110. The van der Waals surface area contributed by atoms with Gasteiger partial charge in [-0.1, -0.05) is 45.1 Å². The lowest BCUT2D eigenvalue weighted by molar-refractivity contribution is 0.169. The van der Waals surface area contributed by atoms with Crippen molar-refractivity contribution in [2.75, 3.05) is 49.0 Å². The Bertz CT molecular complexity index is 1410. The van der Waals surface area contributed by atoms with E-state index in [1.807, 2.05) is 0 Å². The second kappa shape index (κ2) is 17.0. The monoisotopic (exact) mass is 653 g/mol. The average molecular weight is 654 g/mol. The number of nitrogens with zero attached hydrogens (tertiary/aromatic N) is 1. The number of nitrogens with one attached hydrogen (secondary N) is 4. The van der Waals surface area contributed by atoms with E-state index in [4.69, 9.17) is 0 Å². The molecule has 0 saturated carbocycles. The van der Waals surface area contributed by atoms with E-state index in [1.165, 1.54) is 60.3 Å². The third-order valence-corrected chi connectivity index (χ3v) is 10.1. The Morgan fingerprint density at radius 1 is 0.977 bits per heavy atom. The summed E-state index contributed by atoms with van der Waals surface area (Å²) in [6, 6.07) is 10.1. The second-order valence-corrected chi connectivity index (χ2v) is 15.0. The highest BCUT2D eigenvalue weighted by Crippen LogP contribution is 2.28. The van der Waals surface area contributed by atoms with Crippen LogP contribution in [0.25, 0.3) is 0 Å². The zero-order chi connectivity index (χ0) is 32.2. The molecule has 2 aromatic carbocycles. The molecule has 0 aromatic heterocycles. The molecule has 1 saturated heterocycles. The molecule has 44 heavy (non-hydrogen) atoms. The van der Waals surface area contributed by atoms with Crippen molar-refractivity contribution < 1.29 is 31.8 Å². The van der Waals surface area contributed by atoms with Gasteiger partial charge in [0, 0.05) is 31.9 Å². The van der Waals surface area contributed by atoms with Gasteiger partial charge in [-0.3, -0.25) is 4.72 Å². The van der Waals surface area contributed by atoms with Crippen molar-refractivity contribution in [3.05, 3.63) is 48.0 Å². The van der Waals surface area contributed by atoms with E-state index in [-0.39, 0.29) is 34.8 Å². The zero-order valence-corrected chi connectivity index (χ0v) is 27.2. The van der Waals surface area contributed by atoms with Crippen molar-refractivity contribution in [3.8, 4) is 5.75 Å². The number of hydrogen-bond donors (Lipinski definition) is 6. The van der Waals surface area contributed by atoms with Crippen molar-refractivity contribution in [3.63, 3.8) is 0 Å². The molecule has 2 amide bonds. The molecule has 2 aromatic rings. The van der Waals surface area contributed by atoms with Crippen molar-refractivity contribution in [1.29, 1.82) is 0 Å². The molecule has 0 spiro atoms. The first-order valence-electron chi connectivity index (χ1n) is 15.2. The molecule has 1 atom stereocenters. The van der Waals surface area contributed by atoms with Crippen LogP contribution in [-0.4, -0.2) is 76.4 Å². The number of rotatable bonds is 17. The summed E-state index contributed by atoms with van der Waals surface area (Å²) in [6.07, 6.45) is 8.20. The largest absolute Gasteiger partial charge is 0.506 e. The number of benzene rings is 2. The van der Waals surface area contributed by atoms with Gasteiger partial charge in [-0.15, -0.1) is 0 Å². The lowest BCUT2D eigenvalue weighted by Crippen LogP contribution is -2.41. The maximum atomic E-state index is 13.2. The first-order valence-corrected chi connectivity index (χ1v) is 18.6. The Balaban J connectivity index is 1.40. The number of hydrogen-bond acceptors (Lipinski definition) is 8. The molecule has 1 fully saturated rings. The van der Waals surface area contributed by atoms with Crippen molar-refractivity contribution in [1.82, 2.24) is 14.9 Å². The molecule has 246 valence electrons. The fourth-order valence-corrected chi connectivity index (χ4v) is 7.11. The topological polar surface area (TPSA) is 177 Å². The lowest BCUT2D eigenvalue weighted by atomic mass is 9.98. The van der Waals surface area contributed by atoms with Gasteiger partial charge in [-0.05, 0) is 73.7 Å². The van der Waals surface area contributed by atoms with Crippen LogP contribution in [0.2, 0.25) is 0 Å². The highest BCUT2D eigenvalue weighted by atomic mass is 32.2. The van der Waals surface area contributed by atoms with E-state index in [9.17, 15) is 31.8 Å². The minimum absolute atomic E-state index is 0.00664. The predicted molar refractivity (Wildman–Crippen MR) is 173 cm³/mol. The van der Waals surface area contributed by atoms with Gasteiger partial charge in [0.25, 0.3) is 0 Å². The highest BCUT2D eigenvalue weighted by molar-refractivity contribution is 7.92. The standard InChI is InChI=1S/C30H47N5O7S2/c1-3-4-5-6-7-8-17-32-30(38)33-25-10-12-26(13-11-25)44(41,42)35-18-15-23(16-19-35)21-31-22-29(37)24-9-14-28(36)27(20-24)34-43(2,39)40/h9-14,20,23,29,31,34,36-37H,3-8,15-19,21-22H2,1-2H3,(H2,32,33,38). The number of amides is 2. The number of carbonyl (C=O) groups is 1. The molecule has 0 bridgehead atoms. The molecule has 0 radical (unpaired) electrons. The van der Waals surface area contributed by atoms with Crippen LogP contribution >= 0.6 is 0 Å². The zero-order valence-electron chi connectivity index (χ0n) is 25.6. The second-order valence-electron chi connectivity index (χ2n) is 11.3. The molecule has 1 unspecified atom stereocenters. The molecule has 1 aliphatic rings. The van der Waals surface area contributed by atoms with Crippen LogP contribution in [0.3, 0.4) is 0 Å². The smallest absolute Gasteiger partial charge is 0.319 e. The van der Waals surface area contributed by atoms with Crippen molar-refractivity contribution in [2.24, 2.45) is 5.92 Å². The number of phenolic OH excluding ortho intramolecular Hbond substituents is 1. The first kappa shape index (κ1) is 35.6. The molecule has 3 rings (SSSR count). The van der Waals surface area contributed by atoms with Gasteiger partial charge < -0.3 is 26.2 Å². The van der Waals surface area contributed by atoms with Crippen LogP contribution in [-0.2, 0) is 20.0 Å². The number of sulfonamides is 2. The summed E-state index contributed by atoms with van der Waals surface area (Å²) in [5.41, 5.74) is 0.955. The Morgan fingerprint density at radius 3 is 2.30 bits per heavy atom. The fraction of sp³-hybridized carbons (Fsp3) is 0.567. The van der Waals surface area contributed by atoms with Gasteiger partial charge in [-0.2, -0.15) is 4.31 Å². The number of carbonyl (C=O) groups excluding carboxylic acids is 1. The Hall–Kier alpha value is -2.91. The van der Waals surface area contributed by atoms with E-state index in [2.05, 4.69) is 27.6 Å². The molecule has 1 heterocycles. The Labute approximate surface area is 261 Å². The van der Waals surface area contributed by atoms with Crippen LogP contribution in [0.15, 0.2) is 47.4 Å². The summed E-state index contributed by atoms with van der Waals surface area (Å²) in [6.45, 7) is 4.31. The SMILES string of the molecule is CCCCCCCCNC(=O)Nc1ccc(S(=O)(=O)N2CCC(CNCC(O)c3ccc(O)c(NS(C)(=O)=O)c3)CC2)cc1.